The van der Waals surface area contributed by atoms with E-state index >= 15 is 0 Å². The molecule has 30 heteroatoms. The predicted octanol–water partition coefficient (Wildman–Crippen LogP) is 3.21. The molecule has 4 aromatic carbocycles. The maximum absolute atomic E-state index is 13.6. The third-order valence-corrected chi connectivity index (χ3v) is 16.7. The number of nitrogens with one attached hydrogen (secondary N) is 2. The Morgan fingerprint density at radius 1 is 0.575 bits per heavy atom. The molecule has 80 heavy (non-hydrogen) atoms. The number of anilines is 2. The number of amides is 2. The summed E-state index contributed by atoms with van der Waals surface area (Å²) in [4.78, 5) is 64.6. The minimum absolute atomic E-state index is 0. The first kappa shape index (κ1) is 71.8. The normalized spacial score (nSPS) is 17.3. The fourth-order valence-corrected chi connectivity index (χ4v) is 12.7. The van der Waals surface area contributed by atoms with Crippen molar-refractivity contribution >= 4 is 135 Å². The van der Waals surface area contributed by atoms with Crippen LogP contribution in [0, 0.1) is 11.8 Å². The van der Waals surface area contributed by atoms with Gasteiger partial charge in [-0.25, -0.2) is 35.6 Å². The number of rotatable bonds is 26. The van der Waals surface area contributed by atoms with Crippen molar-refractivity contribution in [1.82, 2.24) is 19.2 Å². The Bertz CT molecular complexity index is 2640. The van der Waals surface area contributed by atoms with Gasteiger partial charge < -0.3 is 60.6 Å². The van der Waals surface area contributed by atoms with Crippen molar-refractivity contribution in [2.24, 2.45) is 11.8 Å². The van der Waals surface area contributed by atoms with E-state index in [0.29, 0.717) is 37.4 Å². The summed E-state index contributed by atoms with van der Waals surface area (Å²) in [6.07, 6.45) is -4.29. The third-order valence-electron chi connectivity index (χ3n) is 11.9. The Labute approximate surface area is 527 Å². The van der Waals surface area contributed by atoms with Gasteiger partial charge in [-0.2, -0.15) is 8.61 Å². The maximum atomic E-state index is 13.6. The molecule has 0 aliphatic carbocycles. The number of carbonyl (C=O) groups is 2. The Kier molecular flexibility index (Phi) is 30.4. The molecule has 2 aliphatic rings. The van der Waals surface area contributed by atoms with Crippen molar-refractivity contribution in [2.75, 3.05) is 64.1 Å². The number of phosphoric acid groups is 2. The number of ether oxygens (including phenoxy) is 4. The standard InChI is InChI=1S/2C25H36N3O9PS.2Ca.4H/c2*1-18(2)15-28(39(33,34)22-10-8-20(26)9-11-22)16-24(37-38(30,31)32)23(14-19-6-4-3-5-7-19)27-25(29)36-21-12-13-35-17-21;;;;;;/h2*3-11,18,21,23-24H,12-17,26H2,1-2H3,(H,27,29)(H2,30,31,32);;;;;;/t2*21-,23-,24+;;;;;;/m00....../s1. The number of carbonyl (C=O) groups excluding carboxylic acids is 2. The van der Waals surface area contributed by atoms with Crippen LogP contribution in [0.4, 0.5) is 21.0 Å². The van der Waals surface area contributed by atoms with E-state index in [1.807, 2.05) is 27.7 Å². The first-order valence-electron chi connectivity index (χ1n) is 25.0. The summed E-state index contributed by atoms with van der Waals surface area (Å²) in [6.45, 7) is 7.74. The van der Waals surface area contributed by atoms with Crippen LogP contribution >= 0.6 is 15.6 Å². The molecular weight excluding hydrogens is 1180 g/mol. The van der Waals surface area contributed by atoms with Gasteiger partial charge in [0.15, 0.2) is 0 Å². The summed E-state index contributed by atoms with van der Waals surface area (Å²) in [5.41, 5.74) is 13.6. The second-order valence-electron chi connectivity index (χ2n) is 19.5. The first-order valence-corrected chi connectivity index (χ1v) is 31.0. The first-order chi connectivity index (χ1) is 36.7. The van der Waals surface area contributed by atoms with Crippen molar-refractivity contribution in [2.45, 2.75) is 99.7 Å². The molecule has 0 unspecified atom stereocenters. The van der Waals surface area contributed by atoms with E-state index in [0.717, 1.165) is 19.7 Å². The fraction of sp³-hybridized carbons (Fsp3) is 0.480. The van der Waals surface area contributed by atoms with Crippen LogP contribution in [-0.4, -0.2) is 222 Å². The molecule has 24 nitrogen and oxygen atoms in total. The number of alkyl carbamates (subject to hydrolysis) is 2. The van der Waals surface area contributed by atoms with Crippen molar-refractivity contribution in [3.63, 3.8) is 0 Å². The molecule has 0 saturated carbocycles. The van der Waals surface area contributed by atoms with Crippen molar-refractivity contribution in [1.29, 1.82) is 0 Å². The van der Waals surface area contributed by atoms with Crippen LogP contribution in [0.2, 0.25) is 0 Å². The summed E-state index contributed by atoms with van der Waals surface area (Å²) >= 11 is 0. The van der Waals surface area contributed by atoms with E-state index in [1.54, 1.807) is 60.7 Å². The Morgan fingerprint density at radius 3 is 1.18 bits per heavy atom. The van der Waals surface area contributed by atoms with Crippen LogP contribution < -0.4 is 22.1 Å². The second-order valence-corrected chi connectivity index (χ2v) is 25.8. The van der Waals surface area contributed by atoms with Crippen LogP contribution in [0.3, 0.4) is 0 Å². The number of nitrogen functional groups attached to an aromatic ring is 2. The van der Waals surface area contributed by atoms with Gasteiger partial charge >= 0.3 is 103 Å². The van der Waals surface area contributed by atoms with Gasteiger partial charge in [-0.3, -0.25) is 9.05 Å². The van der Waals surface area contributed by atoms with E-state index in [-0.39, 0.29) is 136 Å². The summed E-state index contributed by atoms with van der Waals surface area (Å²) < 4.78 is 112. The van der Waals surface area contributed by atoms with Crippen LogP contribution in [0.25, 0.3) is 0 Å². The zero-order chi connectivity index (χ0) is 57.3. The summed E-state index contributed by atoms with van der Waals surface area (Å²) in [7, 11) is -18.5. The summed E-state index contributed by atoms with van der Waals surface area (Å²) in [5, 5.41) is 5.30. The molecule has 2 aliphatic heterocycles. The van der Waals surface area contributed by atoms with E-state index in [9.17, 15) is 55.1 Å². The van der Waals surface area contributed by atoms with Gasteiger partial charge in [-0.1, -0.05) is 88.4 Å². The molecule has 2 heterocycles. The molecule has 0 spiro atoms. The van der Waals surface area contributed by atoms with Crippen LogP contribution in [0.1, 0.15) is 51.7 Å². The van der Waals surface area contributed by atoms with Gasteiger partial charge in [0.05, 0.1) is 48.3 Å². The average molecular weight is 1260 g/mol. The molecule has 0 aromatic heterocycles. The van der Waals surface area contributed by atoms with Crippen molar-refractivity contribution in [3.05, 3.63) is 120 Å². The summed E-state index contributed by atoms with van der Waals surface area (Å²) in [5.74, 6) is -0.283. The quantitative estimate of drug-likeness (QED) is 0.0254. The Balaban J connectivity index is 0.000000410. The number of nitrogens with two attached hydrogens (primary N) is 2. The molecule has 6 atom stereocenters. The van der Waals surface area contributed by atoms with Gasteiger partial charge in [0.2, 0.25) is 20.0 Å². The number of benzene rings is 4. The Hall–Kier alpha value is -2.50. The second kappa shape index (κ2) is 33.8. The third kappa shape index (κ3) is 25.0. The molecule has 440 valence electrons. The zero-order valence-corrected chi connectivity index (χ0v) is 47.2. The van der Waals surface area contributed by atoms with Gasteiger partial charge in [-0.05, 0) is 84.3 Å². The molecule has 4 aromatic rings. The number of hydrogen-bond donors (Lipinski definition) is 8. The number of phosphoric ester groups is 2. The van der Waals surface area contributed by atoms with E-state index in [1.165, 1.54) is 48.5 Å². The number of sulfonamides is 2. The fourth-order valence-electron chi connectivity index (χ4n) is 8.33. The van der Waals surface area contributed by atoms with Gasteiger partial charge in [-0.15, -0.1) is 0 Å². The molecular formula is C50H76Ca2N6O18P2S2. The molecule has 6 rings (SSSR count). The SMILES string of the molecule is CC(C)CN(C[C@@H](OP(=O)(O)O)[C@H](Cc1ccccc1)NC(=O)O[C@H]1CCOC1)S(=O)(=O)c1ccc(N)cc1.CC(C)CN(C[C@@H](OP(=O)(O)O)[C@H](Cc1ccccc1)NC(=O)O[C@H]1CCOC1)S(=O)(=O)c1ccc(N)cc1.[CaH2].[CaH2]. The summed E-state index contributed by atoms with van der Waals surface area (Å²) in [6, 6.07) is 26.9. The monoisotopic (exact) mass is 1250 g/mol. The Morgan fingerprint density at radius 2 is 0.900 bits per heavy atom. The topological polar surface area (TPSA) is 355 Å². The molecule has 0 bridgehead atoms. The molecule has 0 radical (unpaired) electrons. The number of hydrogen-bond acceptors (Lipinski definition) is 16. The van der Waals surface area contributed by atoms with Crippen LogP contribution in [-0.2, 0) is 70.0 Å². The van der Waals surface area contributed by atoms with E-state index in [4.69, 9.17) is 39.5 Å². The van der Waals surface area contributed by atoms with Crippen molar-refractivity contribution in [3.8, 4) is 0 Å². The van der Waals surface area contributed by atoms with Gasteiger partial charge in [0.1, 0.15) is 24.4 Å². The van der Waals surface area contributed by atoms with Crippen molar-refractivity contribution < 1.29 is 83.1 Å². The number of nitrogens with zero attached hydrogens (tertiary/aromatic N) is 2. The van der Waals surface area contributed by atoms with E-state index < -0.39 is 97.5 Å². The average Bonchev–Trinajstić information content (AvgIpc) is 4.08. The predicted molar refractivity (Wildman–Crippen MR) is 305 cm³/mol. The van der Waals surface area contributed by atoms with E-state index in [2.05, 4.69) is 10.6 Å². The molecule has 2 saturated heterocycles. The molecule has 2 fully saturated rings. The van der Waals surface area contributed by atoms with Crippen LogP contribution in [0.5, 0.6) is 0 Å². The van der Waals surface area contributed by atoms with Gasteiger partial charge in [0.25, 0.3) is 0 Å². The minimum atomic E-state index is -5.12. The van der Waals surface area contributed by atoms with Crippen LogP contribution in [0.15, 0.2) is 119 Å². The molecule has 10 N–H and O–H groups in total. The van der Waals surface area contributed by atoms with Gasteiger partial charge in [0, 0.05) is 50.4 Å². The molecule has 2 amide bonds. The zero-order valence-electron chi connectivity index (χ0n) is 43.8.